The summed E-state index contributed by atoms with van der Waals surface area (Å²) in [6, 6.07) is 16.5. The van der Waals surface area contributed by atoms with Gasteiger partial charge in [-0.2, -0.15) is 0 Å². The maximum Gasteiger partial charge on any atom is 0.209 e. The average Bonchev–Trinajstić information content (AvgIpc) is 2.61. The van der Waals surface area contributed by atoms with E-state index in [1.807, 2.05) is 30.3 Å². The van der Waals surface area contributed by atoms with Crippen LogP contribution in [0.3, 0.4) is 0 Å². The smallest absolute Gasteiger partial charge is 0.209 e. The number of rotatable bonds is 5. The second kappa shape index (κ2) is 7.35. The van der Waals surface area contributed by atoms with Crippen molar-refractivity contribution in [3.8, 4) is 11.3 Å². The Morgan fingerprint density at radius 1 is 1.00 bits per heavy atom. The van der Waals surface area contributed by atoms with E-state index in [9.17, 15) is 4.79 Å². The Hall–Kier alpha value is -2.24. The molecule has 4 nitrogen and oxygen atoms in total. The third kappa shape index (κ3) is 4.15. The van der Waals surface area contributed by atoms with Crippen molar-refractivity contribution in [2.45, 2.75) is 5.16 Å². The quantitative estimate of drug-likeness (QED) is 0.515. The molecule has 1 aromatic heterocycles. The molecule has 3 aromatic rings. The number of carbonyl (C=O) groups is 1. The predicted octanol–water partition coefficient (Wildman–Crippen LogP) is 4.17. The first-order valence-electron chi connectivity index (χ1n) is 6.89. The topological polar surface area (TPSA) is 55.7 Å². The standard InChI is InChI=1S/C17H12ClN3OS/c18-14-8-6-13(7-9-14)16(22)11-23-17-19-10-15(20-21-17)12-4-2-1-3-5-12/h1-10H,11H2. The van der Waals surface area contributed by atoms with Crippen molar-refractivity contribution in [2.24, 2.45) is 0 Å². The van der Waals surface area contributed by atoms with Crippen LogP contribution in [-0.4, -0.2) is 26.7 Å². The fourth-order valence-corrected chi connectivity index (χ4v) is 2.70. The molecule has 0 aliphatic rings. The first-order chi connectivity index (χ1) is 11.2. The van der Waals surface area contributed by atoms with E-state index < -0.39 is 0 Å². The molecule has 0 radical (unpaired) electrons. The number of hydrogen-bond acceptors (Lipinski definition) is 5. The van der Waals surface area contributed by atoms with E-state index in [0.717, 1.165) is 5.56 Å². The molecular formula is C17H12ClN3OS. The van der Waals surface area contributed by atoms with E-state index in [-0.39, 0.29) is 11.5 Å². The zero-order chi connectivity index (χ0) is 16.1. The number of benzene rings is 2. The van der Waals surface area contributed by atoms with Gasteiger partial charge in [0.05, 0.1) is 11.9 Å². The molecule has 0 saturated heterocycles. The van der Waals surface area contributed by atoms with Crippen molar-refractivity contribution in [1.29, 1.82) is 0 Å². The summed E-state index contributed by atoms with van der Waals surface area (Å²) in [4.78, 5) is 16.3. The number of ketones is 1. The van der Waals surface area contributed by atoms with Crippen LogP contribution in [0.25, 0.3) is 11.3 Å². The molecule has 0 fully saturated rings. The first kappa shape index (κ1) is 15.6. The van der Waals surface area contributed by atoms with E-state index in [4.69, 9.17) is 11.6 Å². The first-order valence-corrected chi connectivity index (χ1v) is 8.25. The molecule has 0 bridgehead atoms. The fourth-order valence-electron chi connectivity index (χ4n) is 1.92. The lowest BCUT2D eigenvalue weighted by Gasteiger charge is -2.02. The van der Waals surface area contributed by atoms with Crippen molar-refractivity contribution in [1.82, 2.24) is 15.2 Å². The summed E-state index contributed by atoms with van der Waals surface area (Å²) in [6.45, 7) is 0. The summed E-state index contributed by atoms with van der Waals surface area (Å²) < 4.78 is 0. The number of Topliss-reactive ketones (excluding diaryl/α,β-unsaturated/α-hetero) is 1. The average molecular weight is 342 g/mol. The van der Waals surface area contributed by atoms with Crippen LogP contribution in [0.1, 0.15) is 10.4 Å². The minimum Gasteiger partial charge on any atom is -0.293 e. The van der Waals surface area contributed by atoms with E-state index in [1.165, 1.54) is 11.8 Å². The zero-order valence-electron chi connectivity index (χ0n) is 12.0. The summed E-state index contributed by atoms with van der Waals surface area (Å²) in [7, 11) is 0. The Bertz CT molecular complexity index is 792. The van der Waals surface area contributed by atoms with Gasteiger partial charge in [-0.05, 0) is 24.3 Å². The van der Waals surface area contributed by atoms with Crippen LogP contribution in [0, 0.1) is 0 Å². The summed E-state index contributed by atoms with van der Waals surface area (Å²) in [5, 5.41) is 9.30. The fraction of sp³-hybridized carbons (Fsp3) is 0.0588. The van der Waals surface area contributed by atoms with Gasteiger partial charge in [-0.15, -0.1) is 10.2 Å². The highest BCUT2D eigenvalue weighted by molar-refractivity contribution is 7.99. The van der Waals surface area contributed by atoms with Gasteiger partial charge in [-0.25, -0.2) is 4.98 Å². The normalized spacial score (nSPS) is 10.5. The Balaban J connectivity index is 1.62. The van der Waals surface area contributed by atoms with Crippen LogP contribution in [0.5, 0.6) is 0 Å². The second-order valence-corrected chi connectivity index (χ2v) is 6.09. The summed E-state index contributed by atoms with van der Waals surface area (Å²) >= 11 is 7.07. The van der Waals surface area contributed by atoms with Crippen molar-refractivity contribution >= 4 is 29.1 Å². The number of hydrogen-bond donors (Lipinski definition) is 0. The molecule has 23 heavy (non-hydrogen) atoms. The molecule has 3 rings (SSSR count). The SMILES string of the molecule is O=C(CSc1ncc(-c2ccccc2)nn1)c1ccc(Cl)cc1. The number of aromatic nitrogens is 3. The maximum absolute atomic E-state index is 12.1. The summed E-state index contributed by atoms with van der Waals surface area (Å²) in [5.41, 5.74) is 2.29. The Kier molecular flexibility index (Phi) is 5.00. The highest BCUT2D eigenvalue weighted by Gasteiger charge is 2.09. The van der Waals surface area contributed by atoms with Gasteiger partial charge in [0.25, 0.3) is 0 Å². The molecule has 0 saturated carbocycles. The molecule has 1 heterocycles. The minimum absolute atomic E-state index is 0.00222. The van der Waals surface area contributed by atoms with E-state index in [2.05, 4.69) is 15.2 Å². The highest BCUT2D eigenvalue weighted by Crippen LogP contribution is 2.18. The van der Waals surface area contributed by atoms with E-state index in [0.29, 0.717) is 21.4 Å². The van der Waals surface area contributed by atoms with Gasteiger partial charge in [-0.3, -0.25) is 4.79 Å². The molecule has 2 aromatic carbocycles. The van der Waals surface area contributed by atoms with Crippen LogP contribution in [0.2, 0.25) is 5.02 Å². The maximum atomic E-state index is 12.1. The molecule has 6 heteroatoms. The second-order valence-electron chi connectivity index (χ2n) is 4.71. The molecular weight excluding hydrogens is 330 g/mol. The summed E-state index contributed by atoms with van der Waals surface area (Å²) in [5.74, 6) is 0.260. The van der Waals surface area contributed by atoms with Gasteiger partial charge >= 0.3 is 0 Å². The molecule has 0 spiro atoms. The Labute approximate surface area is 142 Å². The molecule has 0 unspecified atom stereocenters. The largest absolute Gasteiger partial charge is 0.293 e. The van der Waals surface area contributed by atoms with Gasteiger partial charge in [0.1, 0.15) is 5.69 Å². The third-order valence-corrected chi connectivity index (χ3v) is 4.21. The molecule has 0 amide bonds. The number of carbonyl (C=O) groups excluding carboxylic acids is 1. The molecule has 0 aliphatic heterocycles. The van der Waals surface area contributed by atoms with Crippen molar-refractivity contribution in [2.75, 3.05) is 5.75 Å². The van der Waals surface area contributed by atoms with Crippen LogP contribution >= 0.6 is 23.4 Å². The Morgan fingerprint density at radius 2 is 1.74 bits per heavy atom. The van der Waals surface area contributed by atoms with Crippen LogP contribution < -0.4 is 0 Å². The zero-order valence-corrected chi connectivity index (χ0v) is 13.6. The van der Waals surface area contributed by atoms with Gasteiger partial charge in [0.2, 0.25) is 5.16 Å². The number of nitrogens with zero attached hydrogens (tertiary/aromatic N) is 3. The van der Waals surface area contributed by atoms with E-state index in [1.54, 1.807) is 30.5 Å². The predicted molar refractivity (Wildman–Crippen MR) is 91.8 cm³/mol. The third-order valence-electron chi connectivity index (χ3n) is 3.11. The van der Waals surface area contributed by atoms with Crippen molar-refractivity contribution < 1.29 is 4.79 Å². The van der Waals surface area contributed by atoms with Gasteiger partial charge in [0.15, 0.2) is 5.78 Å². The molecule has 0 atom stereocenters. The molecule has 0 aliphatic carbocycles. The monoisotopic (exact) mass is 341 g/mol. The molecule has 0 N–H and O–H groups in total. The minimum atomic E-state index is 0.00222. The van der Waals surface area contributed by atoms with E-state index >= 15 is 0 Å². The van der Waals surface area contributed by atoms with Crippen LogP contribution in [0.15, 0.2) is 66.0 Å². The van der Waals surface area contributed by atoms with Crippen LogP contribution in [0.4, 0.5) is 0 Å². The van der Waals surface area contributed by atoms with Crippen LogP contribution in [-0.2, 0) is 0 Å². The Morgan fingerprint density at radius 3 is 2.39 bits per heavy atom. The van der Waals surface area contributed by atoms with Gasteiger partial charge in [0, 0.05) is 16.1 Å². The number of thioether (sulfide) groups is 1. The summed E-state index contributed by atoms with van der Waals surface area (Å²) in [6.07, 6.45) is 1.66. The lowest BCUT2D eigenvalue weighted by molar-refractivity contribution is 0.102. The van der Waals surface area contributed by atoms with Gasteiger partial charge in [-0.1, -0.05) is 53.7 Å². The van der Waals surface area contributed by atoms with Crippen molar-refractivity contribution in [3.63, 3.8) is 0 Å². The van der Waals surface area contributed by atoms with Gasteiger partial charge < -0.3 is 0 Å². The highest BCUT2D eigenvalue weighted by atomic mass is 35.5. The lowest BCUT2D eigenvalue weighted by Crippen LogP contribution is -2.03. The molecule has 114 valence electrons. The van der Waals surface area contributed by atoms with Crippen molar-refractivity contribution in [3.05, 3.63) is 71.4 Å². The lowest BCUT2D eigenvalue weighted by atomic mass is 10.1. The number of halogens is 1.